The van der Waals surface area contributed by atoms with Crippen molar-refractivity contribution in [3.8, 4) is 17.2 Å². The summed E-state index contributed by atoms with van der Waals surface area (Å²) in [4.78, 5) is 25.6. The van der Waals surface area contributed by atoms with E-state index >= 15 is 4.39 Å². The lowest BCUT2D eigenvalue weighted by atomic mass is 10.1. The van der Waals surface area contributed by atoms with E-state index in [2.05, 4.69) is 25.4 Å². The summed E-state index contributed by atoms with van der Waals surface area (Å²) >= 11 is 0. The molecule has 0 unspecified atom stereocenters. The third kappa shape index (κ3) is 4.99. The molecule has 0 aliphatic rings. The number of rotatable bonds is 9. The topological polar surface area (TPSA) is 133 Å². The van der Waals surface area contributed by atoms with Crippen LogP contribution < -0.4 is 14.8 Å². The van der Waals surface area contributed by atoms with Crippen LogP contribution in [-0.4, -0.2) is 61.6 Å². The molecule has 0 aliphatic carbocycles. The maximum atomic E-state index is 15.4. The second kappa shape index (κ2) is 10.2. The molecule has 3 heterocycles. The van der Waals surface area contributed by atoms with Gasteiger partial charge in [-0.3, -0.25) is 10.1 Å². The van der Waals surface area contributed by atoms with E-state index in [-0.39, 0.29) is 35.1 Å². The van der Waals surface area contributed by atoms with Crippen LogP contribution in [-0.2, 0) is 0 Å². The fourth-order valence-corrected chi connectivity index (χ4v) is 3.76. The lowest BCUT2D eigenvalue weighted by Gasteiger charge is -2.15. The molecule has 5 aromatic rings. The first-order valence-corrected chi connectivity index (χ1v) is 11.5. The number of hydrogen-bond donors (Lipinski definition) is 1. The smallest absolute Gasteiger partial charge is 0.311 e. The molecule has 0 amide bonds. The van der Waals surface area contributed by atoms with E-state index < -0.39 is 10.7 Å². The van der Waals surface area contributed by atoms with E-state index in [1.807, 2.05) is 19.0 Å². The average molecular weight is 519 g/mol. The van der Waals surface area contributed by atoms with Crippen molar-refractivity contribution in [2.45, 2.75) is 6.92 Å². The highest BCUT2D eigenvalue weighted by Gasteiger charge is 2.20. The van der Waals surface area contributed by atoms with E-state index in [9.17, 15) is 10.1 Å². The van der Waals surface area contributed by atoms with Crippen LogP contribution >= 0.6 is 0 Å². The summed E-state index contributed by atoms with van der Waals surface area (Å²) in [5, 5.41) is 19.1. The Balaban J connectivity index is 1.43. The average Bonchev–Trinajstić information content (AvgIpc) is 3.36. The van der Waals surface area contributed by atoms with E-state index in [0.29, 0.717) is 34.6 Å². The fourth-order valence-electron chi connectivity index (χ4n) is 3.76. The van der Waals surface area contributed by atoms with Gasteiger partial charge in [0.2, 0.25) is 0 Å². The highest BCUT2D eigenvalue weighted by Crippen LogP contribution is 2.36. The lowest BCUT2D eigenvalue weighted by molar-refractivity contribution is -0.385. The summed E-state index contributed by atoms with van der Waals surface area (Å²) in [6.45, 7) is 2.44. The number of anilines is 2. The Bertz CT molecular complexity index is 1660. The van der Waals surface area contributed by atoms with E-state index in [0.717, 1.165) is 0 Å². The summed E-state index contributed by atoms with van der Waals surface area (Å²) in [5.41, 5.74) is 1.15. The monoisotopic (exact) mass is 518 g/mol. The van der Waals surface area contributed by atoms with Gasteiger partial charge in [-0.1, -0.05) is 0 Å². The number of pyridine rings is 1. The van der Waals surface area contributed by atoms with Gasteiger partial charge in [0.25, 0.3) is 0 Å². The molecular weight excluding hydrogens is 495 g/mol. The van der Waals surface area contributed by atoms with Gasteiger partial charge in [-0.2, -0.15) is 5.10 Å². The zero-order valence-electron chi connectivity index (χ0n) is 20.8. The summed E-state index contributed by atoms with van der Waals surface area (Å²) in [5.74, 6) is 0.547. The van der Waals surface area contributed by atoms with Crippen molar-refractivity contribution in [3.63, 3.8) is 0 Å². The van der Waals surface area contributed by atoms with Gasteiger partial charge in [-0.25, -0.2) is 23.9 Å². The quantitative estimate of drug-likeness (QED) is 0.220. The first-order valence-electron chi connectivity index (χ1n) is 11.5. The van der Waals surface area contributed by atoms with Gasteiger partial charge in [-0.15, -0.1) is 0 Å². The molecule has 38 heavy (non-hydrogen) atoms. The van der Waals surface area contributed by atoms with Crippen molar-refractivity contribution < 1.29 is 18.8 Å². The minimum absolute atomic E-state index is 0.0989. The summed E-state index contributed by atoms with van der Waals surface area (Å²) in [6, 6.07) is 9.33. The van der Waals surface area contributed by atoms with Crippen LogP contribution in [0.4, 0.5) is 21.6 Å². The SMILES string of the molecule is Cc1c(Oc2ccn3ncnc3c2)ccc(Nc2ncnc3cc(OCCN(C)C)c([N+](=O)[O-])cc23)c1F. The number of nitrogens with zero attached hydrogens (tertiary/aromatic N) is 7. The number of nitro benzene ring substituents is 1. The maximum absolute atomic E-state index is 15.4. The number of nitro groups is 1. The Morgan fingerprint density at radius 1 is 1.11 bits per heavy atom. The van der Waals surface area contributed by atoms with Crippen LogP contribution in [0.3, 0.4) is 0 Å². The molecule has 12 nitrogen and oxygen atoms in total. The standard InChI is InChI=1S/C25H23FN8O4/c1-15-21(38-16-6-7-33-23(10-16)28-14-30-33)5-4-18(24(15)26)31-25-17-11-20(34(35)36)22(37-9-8-32(2)3)12-19(17)27-13-29-25/h4-7,10-14H,8-9H2,1-3H3,(H,27,29,31). The lowest BCUT2D eigenvalue weighted by Crippen LogP contribution is -2.19. The molecule has 0 spiro atoms. The number of benzene rings is 2. The van der Waals surface area contributed by atoms with Gasteiger partial charge in [-0.05, 0) is 39.2 Å². The molecule has 3 aromatic heterocycles. The van der Waals surface area contributed by atoms with Crippen LogP contribution in [0.5, 0.6) is 17.2 Å². The zero-order valence-corrected chi connectivity index (χ0v) is 20.8. The Morgan fingerprint density at radius 3 is 2.74 bits per heavy atom. The van der Waals surface area contributed by atoms with Crippen molar-refractivity contribution in [1.29, 1.82) is 0 Å². The van der Waals surface area contributed by atoms with Gasteiger partial charge >= 0.3 is 5.69 Å². The van der Waals surface area contributed by atoms with Crippen LogP contribution in [0.1, 0.15) is 5.56 Å². The normalized spacial score (nSPS) is 11.3. The largest absolute Gasteiger partial charge is 0.485 e. The van der Waals surface area contributed by atoms with E-state index in [1.54, 1.807) is 35.8 Å². The number of halogens is 1. The van der Waals surface area contributed by atoms with Gasteiger partial charge in [0.1, 0.15) is 36.6 Å². The summed E-state index contributed by atoms with van der Waals surface area (Å²) < 4.78 is 28.5. The molecular formula is C25H23FN8O4. The Hall–Kier alpha value is -4.91. The predicted molar refractivity (Wildman–Crippen MR) is 138 cm³/mol. The molecule has 13 heteroatoms. The Morgan fingerprint density at radius 2 is 1.95 bits per heavy atom. The van der Waals surface area contributed by atoms with Crippen molar-refractivity contribution >= 4 is 33.7 Å². The van der Waals surface area contributed by atoms with Crippen LogP contribution in [0.25, 0.3) is 16.6 Å². The summed E-state index contributed by atoms with van der Waals surface area (Å²) in [6.07, 6.45) is 4.41. The molecule has 1 N–H and O–H groups in total. The van der Waals surface area contributed by atoms with E-state index in [4.69, 9.17) is 9.47 Å². The molecule has 2 aromatic carbocycles. The van der Waals surface area contributed by atoms with Crippen molar-refractivity contribution in [2.75, 3.05) is 32.6 Å². The van der Waals surface area contributed by atoms with Crippen LogP contribution in [0.15, 0.2) is 55.2 Å². The second-order valence-electron chi connectivity index (χ2n) is 8.67. The molecule has 0 bridgehead atoms. The number of hydrogen-bond acceptors (Lipinski definition) is 10. The maximum Gasteiger partial charge on any atom is 0.311 e. The fraction of sp³-hybridized carbons (Fsp3) is 0.200. The molecule has 194 valence electrons. The first-order chi connectivity index (χ1) is 18.3. The highest BCUT2D eigenvalue weighted by atomic mass is 19.1. The third-order valence-electron chi connectivity index (χ3n) is 5.78. The highest BCUT2D eigenvalue weighted by molar-refractivity contribution is 5.93. The molecule has 0 atom stereocenters. The minimum atomic E-state index is -0.559. The van der Waals surface area contributed by atoms with Gasteiger partial charge in [0.05, 0.1) is 21.5 Å². The van der Waals surface area contributed by atoms with Crippen molar-refractivity contribution in [2.24, 2.45) is 0 Å². The number of fused-ring (bicyclic) bond motifs is 2. The van der Waals surface area contributed by atoms with Crippen molar-refractivity contribution in [3.05, 3.63) is 76.7 Å². The number of likely N-dealkylation sites (N-methyl/N-ethyl adjacent to an activating group) is 1. The zero-order chi connectivity index (χ0) is 26.8. The molecule has 5 rings (SSSR count). The number of ether oxygens (including phenoxy) is 2. The molecule has 0 saturated carbocycles. The first kappa shape index (κ1) is 24.8. The third-order valence-corrected chi connectivity index (χ3v) is 5.78. The van der Waals surface area contributed by atoms with E-state index in [1.165, 1.54) is 30.9 Å². The van der Waals surface area contributed by atoms with Gasteiger partial charge < -0.3 is 19.7 Å². The van der Waals surface area contributed by atoms with Crippen LogP contribution in [0.2, 0.25) is 0 Å². The second-order valence-corrected chi connectivity index (χ2v) is 8.67. The number of aromatic nitrogens is 5. The predicted octanol–water partition coefficient (Wildman–Crippen LogP) is 4.50. The van der Waals surface area contributed by atoms with Crippen LogP contribution in [0, 0.1) is 22.9 Å². The van der Waals surface area contributed by atoms with Gasteiger partial charge in [0.15, 0.2) is 17.2 Å². The Labute approximate surface area is 215 Å². The molecule has 0 aliphatic heterocycles. The molecule has 0 saturated heterocycles. The van der Waals surface area contributed by atoms with Gasteiger partial charge in [0, 0.05) is 36.5 Å². The Kier molecular flexibility index (Phi) is 6.66. The molecule has 0 fully saturated rings. The van der Waals surface area contributed by atoms with Crippen molar-refractivity contribution in [1.82, 2.24) is 29.5 Å². The molecule has 0 radical (unpaired) electrons. The number of nitrogens with one attached hydrogen (secondary N) is 1. The summed E-state index contributed by atoms with van der Waals surface area (Å²) in [7, 11) is 3.75. The minimum Gasteiger partial charge on any atom is -0.485 e.